The fourth-order valence-electron chi connectivity index (χ4n) is 0.430. The molecule has 1 aromatic rings. The molecule has 0 aromatic heterocycles. The third-order valence-corrected chi connectivity index (χ3v) is 1.06. The monoisotopic (exact) mass is 129 g/mol. The molecular weight excluding hydrogens is 126 g/mol. The molecule has 0 aliphatic heterocycles. The Bertz CT molecular complexity index is 147. The van der Waals surface area contributed by atoms with Crippen molar-refractivity contribution in [2.75, 3.05) is 0 Å². The average molecular weight is 130 g/mol. The molecule has 0 N–H and O–H groups in total. The van der Waals surface area contributed by atoms with E-state index in [9.17, 15) is 4.39 Å². The molecule has 2 heteroatoms. The quantitative estimate of drug-likeness (QED) is 0.505. The summed E-state index contributed by atoms with van der Waals surface area (Å²) >= 11 is 5.44. The second-order valence-electron chi connectivity index (χ2n) is 1.44. The van der Waals surface area contributed by atoms with Crippen LogP contribution in [0, 0.1) is 5.82 Å². The summed E-state index contributed by atoms with van der Waals surface area (Å²) in [5.41, 5.74) is 0. The Morgan fingerprint density at radius 3 is 2.00 bits per heavy atom. The van der Waals surface area contributed by atoms with Crippen molar-refractivity contribution in [3.63, 3.8) is 0 Å². The summed E-state index contributed by atoms with van der Waals surface area (Å²) in [6, 6.07) is 5.67. The molecule has 0 bridgehead atoms. The summed E-state index contributed by atoms with van der Waals surface area (Å²) in [6.07, 6.45) is 0. The van der Waals surface area contributed by atoms with Crippen molar-refractivity contribution < 1.29 is 4.39 Å². The van der Waals surface area contributed by atoms with Crippen LogP contribution in [0.5, 0.6) is 0 Å². The number of rotatable bonds is 0. The Balaban J connectivity index is 3.03. The lowest BCUT2D eigenvalue weighted by Gasteiger charge is -1.84. The molecular formula is C6H4ClF. The number of benzene rings is 1. The van der Waals surface area contributed by atoms with Gasteiger partial charge in [0, 0.05) is 5.02 Å². The van der Waals surface area contributed by atoms with E-state index in [1.165, 1.54) is 24.3 Å². The van der Waals surface area contributed by atoms with Crippen LogP contribution in [0.15, 0.2) is 24.3 Å². The topological polar surface area (TPSA) is 0 Å². The average Bonchev–Trinajstić information content (AvgIpc) is 1.77. The van der Waals surface area contributed by atoms with Crippen molar-refractivity contribution in [2.24, 2.45) is 0 Å². The van der Waals surface area contributed by atoms with Crippen molar-refractivity contribution in [1.82, 2.24) is 0 Å². The van der Waals surface area contributed by atoms with Crippen molar-refractivity contribution in [3.05, 3.63) is 35.1 Å². The maximum absolute atomic E-state index is 12.0. The van der Waals surface area contributed by atoms with Gasteiger partial charge in [-0.1, -0.05) is 11.6 Å². The zero-order chi connectivity index (χ0) is 5.98. The highest BCUT2D eigenvalue weighted by Crippen LogP contribution is 2.07. The highest BCUT2D eigenvalue weighted by molar-refractivity contribution is 6.30. The third-order valence-electron chi connectivity index (χ3n) is 0.804. The number of halogens is 2. The summed E-state index contributed by atoms with van der Waals surface area (Å²) in [5.74, 6) is -0.255. The summed E-state index contributed by atoms with van der Waals surface area (Å²) < 4.78 is 12.0. The molecule has 0 spiro atoms. The molecule has 8 heavy (non-hydrogen) atoms. The minimum absolute atomic E-state index is 0.255. The molecule has 0 fully saturated rings. The van der Waals surface area contributed by atoms with Gasteiger partial charge in [-0.3, -0.25) is 0 Å². The summed E-state index contributed by atoms with van der Waals surface area (Å²) in [6.45, 7) is 0. The van der Waals surface area contributed by atoms with Crippen LogP contribution in [0.3, 0.4) is 0 Å². The first kappa shape index (κ1) is 5.57. The second-order valence-corrected chi connectivity index (χ2v) is 1.87. The molecule has 0 heterocycles. The van der Waals surface area contributed by atoms with Gasteiger partial charge in [0.1, 0.15) is 5.82 Å². The lowest BCUT2D eigenvalue weighted by molar-refractivity contribution is 0.628. The Labute approximate surface area is 51.9 Å². The minimum atomic E-state index is -0.255. The van der Waals surface area contributed by atoms with E-state index in [2.05, 4.69) is 0 Å². The SMILES string of the molecule is [18F]c1ccc(Cl)cc1. The van der Waals surface area contributed by atoms with Crippen molar-refractivity contribution >= 4 is 11.6 Å². The first-order valence-electron chi connectivity index (χ1n) is 2.20. The molecule has 1 aromatic carbocycles. The van der Waals surface area contributed by atoms with Crippen LogP contribution < -0.4 is 0 Å². The van der Waals surface area contributed by atoms with Crippen LogP contribution in [-0.2, 0) is 0 Å². The van der Waals surface area contributed by atoms with Gasteiger partial charge in [0.25, 0.3) is 0 Å². The first-order valence-corrected chi connectivity index (χ1v) is 2.58. The maximum atomic E-state index is 12.0. The first-order chi connectivity index (χ1) is 3.79. The lowest BCUT2D eigenvalue weighted by Crippen LogP contribution is -1.67. The van der Waals surface area contributed by atoms with Gasteiger partial charge >= 0.3 is 0 Å². The molecule has 0 saturated heterocycles. The predicted molar refractivity (Wildman–Crippen MR) is 31.4 cm³/mol. The third kappa shape index (κ3) is 1.20. The van der Waals surface area contributed by atoms with Gasteiger partial charge in [0.15, 0.2) is 0 Å². The number of hydrogen-bond acceptors (Lipinski definition) is 0. The van der Waals surface area contributed by atoms with Gasteiger partial charge < -0.3 is 0 Å². The predicted octanol–water partition coefficient (Wildman–Crippen LogP) is 2.48. The summed E-state index contributed by atoms with van der Waals surface area (Å²) in [5, 5.41) is 0.561. The van der Waals surface area contributed by atoms with Crippen LogP contribution in [0.4, 0.5) is 4.39 Å². The van der Waals surface area contributed by atoms with Gasteiger partial charge in [-0.05, 0) is 24.3 Å². The van der Waals surface area contributed by atoms with Crippen LogP contribution in [0.1, 0.15) is 0 Å². The highest BCUT2D eigenvalue weighted by atomic mass is 35.5. The van der Waals surface area contributed by atoms with E-state index in [4.69, 9.17) is 11.6 Å². The summed E-state index contributed by atoms with van der Waals surface area (Å²) in [7, 11) is 0. The molecule has 1 rings (SSSR count). The van der Waals surface area contributed by atoms with Crippen LogP contribution >= 0.6 is 11.6 Å². The fraction of sp³-hybridized carbons (Fsp3) is 0. The van der Waals surface area contributed by atoms with Gasteiger partial charge in [-0.15, -0.1) is 0 Å². The van der Waals surface area contributed by atoms with E-state index in [0.29, 0.717) is 5.02 Å². The molecule has 0 unspecified atom stereocenters. The molecule has 0 atom stereocenters. The summed E-state index contributed by atoms with van der Waals surface area (Å²) in [4.78, 5) is 0. The van der Waals surface area contributed by atoms with Gasteiger partial charge in [-0.25, -0.2) is 4.39 Å². The van der Waals surface area contributed by atoms with E-state index in [-0.39, 0.29) is 5.82 Å². The molecule has 0 aliphatic rings. The highest BCUT2D eigenvalue weighted by Gasteiger charge is 1.85. The zero-order valence-electron chi connectivity index (χ0n) is 4.07. The van der Waals surface area contributed by atoms with E-state index in [1.54, 1.807) is 0 Å². The molecule has 0 aliphatic carbocycles. The van der Waals surface area contributed by atoms with Gasteiger partial charge in [0.05, 0.1) is 0 Å². The minimum Gasteiger partial charge on any atom is -0.207 e. The Morgan fingerprint density at radius 2 is 1.62 bits per heavy atom. The second kappa shape index (κ2) is 2.14. The number of hydrogen-bond donors (Lipinski definition) is 0. The van der Waals surface area contributed by atoms with Gasteiger partial charge in [-0.2, -0.15) is 0 Å². The normalized spacial score (nSPS) is 9.25. The van der Waals surface area contributed by atoms with Crippen molar-refractivity contribution in [3.8, 4) is 0 Å². The van der Waals surface area contributed by atoms with E-state index >= 15 is 0 Å². The maximum Gasteiger partial charge on any atom is 0.123 e. The standard InChI is InChI=1S/C6H4ClF/c7-5-1-3-6(8)4-2-5/h1-4H/i8-1. The van der Waals surface area contributed by atoms with Crippen molar-refractivity contribution in [2.45, 2.75) is 0 Å². The van der Waals surface area contributed by atoms with Crippen molar-refractivity contribution in [1.29, 1.82) is 0 Å². The molecule has 0 saturated carbocycles. The largest absolute Gasteiger partial charge is 0.207 e. The smallest absolute Gasteiger partial charge is 0.123 e. The fourth-order valence-corrected chi connectivity index (χ4v) is 0.556. The molecule has 42 valence electrons. The molecule has 0 amide bonds. The van der Waals surface area contributed by atoms with E-state index in [0.717, 1.165) is 0 Å². The molecule has 0 nitrogen and oxygen atoms in total. The Kier molecular flexibility index (Phi) is 1.49. The zero-order valence-corrected chi connectivity index (χ0v) is 4.82. The van der Waals surface area contributed by atoms with Crippen LogP contribution in [0.2, 0.25) is 5.02 Å². The Hall–Kier alpha value is -0.560. The van der Waals surface area contributed by atoms with Crippen LogP contribution in [-0.4, -0.2) is 0 Å². The van der Waals surface area contributed by atoms with E-state index < -0.39 is 0 Å². The van der Waals surface area contributed by atoms with Crippen LogP contribution in [0.25, 0.3) is 0 Å². The Morgan fingerprint density at radius 1 is 1.12 bits per heavy atom. The molecule has 0 radical (unpaired) electrons. The van der Waals surface area contributed by atoms with E-state index in [1.807, 2.05) is 0 Å². The lowest BCUT2D eigenvalue weighted by atomic mass is 10.3. The van der Waals surface area contributed by atoms with Gasteiger partial charge in [0.2, 0.25) is 0 Å².